The summed E-state index contributed by atoms with van der Waals surface area (Å²) in [6.45, 7) is 6.55. The minimum atomic E-state index is 0.356. The molecule has 0 aliphatic carbocycles. The molecule has 2 N–H and O–H groups in total. The number of rotatable bonds is 5. The van der Waals surface area contributed by atoms with Gasteiger partial charge in [-0.1, -0.05) is 6.92 Å². The lowest BCUT2D eigenvalue weighted by Crippen LogP contribution is -2.45. The normalized spacial score (nSPS) is 20.1. The summed E-state index contributed by atoms with van der Waals surface area (Å²) in [6, 6.07) is 3.23. The van der Waals surface area contributed by atoms with E-state index in [1.165, 1.54) is 41.8 Å². The first-order valence-electron chi connectivity index (χ1n) is 7.04. The Bertz CT molecular complexity index is 388. The standard InChI is InChI=1S/C14H24BrN3S/c1-3-18-6-4-12(5-7-18)17(2)13(9-16)14-8-11(15)10-19-14/h8,10,12-13H,3-7,9,16H2,1-2H3. The van der Waals surface area contributed by atoms with Crippen LogP contribution in [0.15, 0.2) is 15.9 Å². The van der Waals surface area contributed by atoms with E-state index < -0.39 is 0 Å². The van der Waals surface area contributed by atoms with Crippen LogP contribution in [-0.2, 0) is 0 Å². The van der Waals surface area contributed by atoms with Gasteiger partial charge in [0.25, 0.3) is 0 Å². The summed E-state index contributed by atoms with van der Waals surface area (Å²) in [4.78, 5) is 6.39. The van der Waals surface area contributed by atoms with Crippen molar-refractivity contribution in [2.24, 2.45) is 5.73 Å². The predicted octanol–water partition coefficient (Wildman–Crippen LogP) is 2.93. The van der Waals surface area contributed by atoms with E-state index >= 15 is 0 Å². The smallest absolute Gasteiger partial charge is 0.0564 e. The summed E-state index contributed by atoms with van der Waals surface area (Å²) in [5, 5.41) is 2.14. The summed E-state index contributed by atoms with van der Waals surface area (Å²) in [7, 11) is 2.23. The number of likely N-dealkylation sites (N-methyl/N-ethyl adjacent to an activating group) is 1. The molecule has 1 unspecified atom stereocenters. The van der Waals surface area contributed by atoms with Gasteiger partial charge in [0.2, 0.25) is 0 Å². The third-order valence-corrected chi connectivity index (χ3v) is 6.01. The predicted molar refractivity (Wildman–Crippen MR) is 86.7 cm³/mol. The first-order valence-corrected chi connectivity index (χ1v) is 8.71. The fourth-order valence-electron chi connectivity index (χ4n) is 2.88. The molecule has 0 saturated carbocycles. The molecule has 1 aromatic heterocycles. The Morgan fingerprint density at radius 1 is 1.53 bits per heavy atom. The summed E-state index contributed by atoms with van der Waals surface area (Å²) >= 11 is 5.34. The number of hydrogen-bond acceptors (Lipinski definition) is 4. The van der Waals surface area contributed by atoms with E-state index in [1.807, 2.05) is 0 Å². The van der Waals surface area contributed by atoms with Crippen LogP contribution in [-0.4, -0.2) is 49.1 Å². The van der Waals surface area contributed by atoms with Crippen LogP contribution in [0.25, 0.3) is 0 Å². The third-order valence-electron chi connectivity index (χ3n) is 4.21. The van der Waals surface area contributed by atoms with Crippen molar-refractivity contribution in [2.75, 3.05) is 33.2 Å². The zero-order chi connectivity index (χ0) is 13.8. The molecule has 108 valence electrons. The topological polar surface area (TPSA) is 32.5 Å². The molecule has 0 amide bonds. The van der Waals surface area contributed by atoms with E-state index in [2.05, 4.69) is 51.1 Å². The maximum absolute atomic E-state index is 6.01. The summed E-state index contributed by atoms with van der Waals surface area (Å²) in [5.41, 5.74) is 6.01. The SMILES string of the molecule is CCN1CCC(N(C)C(CN)c2cc(Br)cs2)CC1. The average Bonchev–Trinajstić information content (AvgIpc) is 2.86. The van der Waals surface area contributed by atoms with Crippen molar-refractivity contribution in [2.45, 2.75) is 31.8 Å². The van der Waals surface area contributed by atoms with E-state index in [9.17, 15) is 0 Å². The molecular weight excluding hydrogens is 322 g/mol. The van der Waals surface area contributed by atoms with Gasteiger partial charge in [-0.25, -0.2) is 0 Å². The van der Waals surface area contributed by atoms with Gasteiger partial charge < -0.3 is 10.6 Å². The molecule has 0 spiro atoms. The number of thiophene rings is 1. The van der Waals surface area contributed by atoms with Crippen molar-refractivity contribution < 1.29 is 0 Å². The zero-order valence-electron chi connectivity index (χ0n) is 11.8. The van der Waals surface area contributed by atoms with Gasteiger partial charge in [0.15, 0.2) is 0 Å². The van der Waals surface area contributed by atoms with E-state index in [-0.39, 0.29) is 0 Å². The number of halogens is 1. The molecule has 0 aromatic carbocycles. The van der Waals surface area contributed by atoms with E-state index in [1.54, 1.807) is 11.3 Å². The van der Waals surface area contributed by atoms with Crippen LogP contribution in [0.4, 0.5) is 0 Å². The van der Waals surface area contributed by atoms with Crippen LogP contribution in [0.1, 0.15) is 30.7 Å². The molecule has 1 atom stereocenters. The molecule has 1 aliphatic heterocycles. The van der Waals surface area contributed by atoms with Crippen LogP contribution in [0, 0.1) is 0 Å². The summed E-state index contributed by atoms with van der Waals surface area (Å²) in [5.74, 6) is 0. The number of likely N-dealkylation sites (tertiary alicyclic amines) is 1. The Hall–Kier alpha value is 0.0600. The van der Waals surface area contributed by atoms with Crippen molar-refractivity contribution in [1.82, 2.24) is 9.80 Å². The molecular formula is C14H24BrN3S. The first-order chi connectivity index (χ1) is 9.15. The van der Waals surface area contributed by atoms with Crippen LogP contribution in [0.2, 0.25) is 0 Å². The molecule has 0 bridgehead atoms. The number of piperidine rings is 1. The fraction of sp³-hybridized carbons (Fsp3) is 0.714. The molecule has 1 saturated heterocycles. The molecule has 1 fully saturated rings. The summed E-state index contributed by atoms with van der Waals surface area (Å²) in [6.07, 6.45) is 2.51. The van der Waals surface area contributed by atoms with Crippen LogP contribution < -0.4 is 5.73 Å². The van der Waals surface area contributed by atoms with Crippen molar-refractivity contribution in [3.63, 3.8) is 0 Å². The quantitative estimate of drug-likeness (QED) is 0.890. The van der Waals surface area contributed by atoms with Crippen LogP contribution in [0.5, 0.6) is 0 Å². The van der Waals surface area contributed by atoms with Gasteiger partial charge in [-0.15, -0.1) is 11.3 Å². The highest BCUT2D eigenvalue weighted by Crippen LogP contribution is 2.31. The van der Waals surface area contributed by atoms with Gasteiger partial charge in [0.1, 0.15) is 0 Å². The Balaban J connectivity index is 1.99. The lowest BCUT2D eigenvalue weighted by molar-refractivity contribution is 0.102. The Morgan fingerprint density at radius 3 is 2.68 bits per heavy atom. The van der Waals surface area contributed by atoms with Crippen molar-refractivity contribution in [3.8, 4) is 0 Å². The zero-order valence-corrected chi connectivity index (χ0v) is 14.2. The Labute approximate surface area is 128 Å². The molecule has 1 aromatic rings. The lowest BCUT2D eigenvalue weighted by atomic mass is 10.0. The highest BCUT2D eigenvalue weighted by molar-refractivity contribution is 9.10. The minimum absolute atomic E-state index is 0.356. The highest BCUT2D eigenvalue weighted by Gasteiger charge is 2.27. The van der Waals surface area contributed by atoms with Crippen LogP contribution >= 0.6 is 27.3 Å². The van der Waals surface area contributed by atoms with Crippen molar-refractivity contribution in [3.05, 3.63) is 20.8 Å². The molecule has 0 radical (unpaired) electrons. The average molecular weight is 346 g/mol. The fourth-order valence-corrected chi connectivity index (χ4v) is 4.49. The lowest BCUT2D eigenvalue weighted by Gasteiger charge is -2.39. The Kier molecular flexibility index (Phi) is 5.84. The number of hydrogen-bond donors (Lipinski definition) is 1. The number of nitrogens with zero attached hydrogens (tertiary/aromatic N) is 2. The van der Waals surface area contributed by atoms with E-state index in [0.717, 1.165) is 0 Å². The van der Waals surface area contributed by atoms with Gasteiger partial charge in [-0.2, -0.15) is 0 Å². The van der Waals surface area contributed by atoms with Crippen molar-refractivity contribution in [1.29, 1.82) is 0 Å². The number of nitrogens with two attached hydrogens (primary N) is 1. The monoisotopic (exact) mass is 345 g/mol. The van der Waals surface area contributed by atoms with Crippen molar-refractivity contribution >= 4 is 27.3 Å². The second kappa shape index (κ2) is 7.18. The maximum atomic E-state index is 6.01. The minimum Gasteiger partial charge on any atom is -0.329 e. The second-order valence-electron chi connectivity index (χ2n) is 5.25. The van der Waals surface area contributed by atoms with E-state index in [4.69, 9.17) is 5.73 Å². The van der Waals surface area contributed by atoms with Gasteiger partial charge in [-0.3, -0.25) is 4.90 Å². The second-order valence-corrected chi connectivity index (χ2v) is 7.11. The highest BCUT2D eigenvalue weighted by atomic mass is 79.9. The third kappa shape index (κ3) is 3.79. The molecule has 5 heteroatoms. The molecule has 2 rings (SSSR count). The Morgan fingerprint density at radius 2 is 2.21 bits per heavy atom. The van der Waals surface area contributed by atoms with Crippen LogP contribution in [0.3, 0.4) is 0 Å². The largest absolute Gasteiger partial charge is 0.329 e. The molecule has 2 heterocycles. The maximum Gasteiger partial charge on any atom is 0.0564 e. The van der Waals surface area contributed by atoms with E-state index in [0.29, 0.717) is 18.6 Å². The van der Waals surface area contributed by atoms with Gasteiger partial charge >= 0.3 is 0 Å². The van der Waals surface area contributed by atoms with Gasteiger partial charge in [0.05, 0.1) is 6.04 Å². The first kappa shape index (κ1) is 15.4. The summed E-state index contributed by atoms with van der Waals surface area (Å²) < 4.78 is 1.17. The van der Waals surface area contributed by atoms with Gasteiger partial charge in [0, 0.05) is 27.3 Å². The molecule has 1 aliphatic rings. The molecule has 3 nitrogen and oxygen atoms in total. The molecule has 19 heavy (non-hydrogen) atoms. The van der Waals surface area contributed by atoms with Gasteiger partial charge in [-0.05, 0) is 61.5 Å².